The molecule has 0 radical (unpaired) electrons. The van der Waals surface area contributed by atoms with Crippen molar-refractivity contribution in [2.75, 3.05) is 58.2 Å². The van der Waals surface area contributed by atoms with Crippen LogP contribution in [-0.4, -0.2) is 58.2 Å². The van der Waals surface area contributed by atoms with Gasteiger partial charge in [-0.15, -0.1) is 0 Å². The molecule has 4 nitrogen and oxygen atoms in total. The van der Waals surface area contributed by atoms with Gasteiger partial charge >= 0.3 is 0 Å². The van der Waals surface area contributed by atoms with Crippen LogP contribution in [0.1, 0.15) is 90.4 Å². The third kappa shape index (κ3) is 26.3. The van der Waals surface area contributed by atoms with E-state index < -0.39 is 0 Å². The van der Waals surface area contributed by atoms with Crippen LogP contribution in [0.3, 0.4) is 0 Å². The largest absolute Gasteiger partial charge is 0.379 e. The van der Waals surface area contributed by atoms with E-state index in [0.717, 1.165) is 18.5 Å². The topological polar surface area (TPSA) is 36.9 Å². The van der Waals surface area contributed by atoms with Crippen molar-refractivity contribution in [2.45, 2.75) is 90.4 Å². The summed E-state index contributed by atoms with van der Waals surface area (Å²) in [7, 11) is 0. The van der Waals surface area contributed by atoms with E-state index in [9.17, 15) is 0 Å². The molecule has 28 heavy (non-hydrogen) atoms. The molecule has 0 saturated carbocycles. The van der Waals surface area contributed by atoms with Gasteiger partial charge in [-0.2, -0.15) is 0 Å². The molecule has 0 spiro atoms. The molecule has 0 aliphatic rings. The monoisotopic (exact) mass is 466 g/mol. The summed E-state index contributed by atoms with van der Waals surface area (Å²) in [5, 5.41) is 0.870. The van der Waals surface area contributed by atoms with Crippen LogP contribution in [0, 0.1) is 0 Å². The van der Waals surface area contributed by atoms with Crippen LogP contribution in [-0.2, 0) is 18.9 Å². The lowest BCUT2D eigenvalue weighted by Gasteiger charge is -2.07. The molecule has 0 saturated heterocycles. The fourth-order valence-electron chi connectivity index (χ4n) is 3.04. The minimum Gasteiger partial charge on any atom is -0.379 e. The second-order valence-corrected chi connectivity index (χ2v) is 8.17. The number of rotatable bonds is 25. The Morgan fingerprint density at radius 3 is 1.11 bits per heavy atom. The molecule has 0 unspecified atom stereocenters. The zero-order valence-electron chi connectivity index (χ0n) is 18.6. The van der Waals surface area contributed by atoms with Crippen LogP contribution in [0.15, 0.2) is 0 Å². The van der Waals surface area contributed by atoms with Crippen molar-refractivity contribution in [3.8, 4) is 0 Å². The van der Waals surface area contributed by atoms with Crippen LogP contribution in [0.4, 0.5) is 0 Å². The summed E-state index contributed by atoms with van der Waals surface area (Å²) in [6, 6.07) is 0. The molecule has 0 aromatic rings. The Labute approximate surface area is 183 Å². The van der Waals surface area contributed by atoms with Crippen LogP contribution < -0.4 is 0 Å². The summed E-state index contributed by atoms with van der Waals surface area (Å²) in [5.41, 5.74) is 0. The first-order chi connectivity index (χ1) is 13.9. The number of halogens is 1. The van der Waals surface area contributed by atoms with Crippen LogP contribution in [0.2, 0.25) is 0 Å². The van der Waals surface area contributed by atoms with Crippen molar-refractivity contribution in [1.29, 1.82) is 0 Å². The predicted molar refractivity (Wildman–Crippen MR) is 123 cm³/mol. The van der Waals surface area contributed by atoms with E-state index in [-0.39, 0.29) is 0 Å². The summed E-state index contributed by atoms with van der Waals surface area (Å²) < 4.78 is 21.8. The number of alkyl halides is 1. The Balaban J connectivity index is 2.96. The van der Waals surface area contributed by atoms with E-state index >= 15 is 0 Å². The highest BCUT2D eigenvalue weighted by atomic mass is 79.9. The lowest BCUT2D eigenvalue weighted by Crippen LogP contribution is -2.12. The van der Waals surface area contributed by atoms with E-state index in [1.165, 1.54) is 83.5 Å². The smallest absolute Gasteiger partial charge is 0.0701 e. The molecule has 170 valence electrons. The highest BCUT2D eigenvalue weighted by molar-refractivity contribution is 9.09. The van der Waals surface area contributed by atoms with E-state index in [0.29, 0.717) is 39.6 Å². The van der Waals surface area contributed by atoms with Crippen molar-refractivity contribution in [2.24, 2.45) is 0 Å². The molecule has 0 fully saturated rings. The lowest BCUT2D eigenvalue weighted by molar-refractivity contribution is -0.000538. The second kappa shape index (κ2) is 27.3. The van der Waals surface area contributed by atoms with Gasteiger partial charge < -0.3 is 18.9 Å². The minimum atomic E-state index is 0.622. The average molecular weight is 468 g/mol. The van der Waals surface area contributed by atoms with Crippen molar-refractivity contribution in [1.82, 2.24) is 0 Å². The molecule has 5 heteroatoms. The Bertz CT molecular complexity index is 241. The maximum absolute atomic E-state index is 5.62. The van der Waals surface area contributed by atoms with Gasteiger partial charge in [-0.05, 0) is 6.42 Å². The zero-order chi connectivity index (χ0) is 20.4. The van der Waals surface area contributed by atoms with E-state index in [1.54, 1.807) is 0 Å². The number of unbranched alkanes of at least 4 members (excludes halogenated alkanes) is 12. The van der Waals surface area contributed by atoms with Crippen molar-refractivity contribution in [3.05, 3.63) is 0 Å². The first-order valence-electron chi connectivity index (χ1n) is 11.8. The Hall–Kier alpha value is 0.320. The van der Waals surface area contributed by atoms with Gasteiger partial charge in [0.2, 0.25) is 0 Å². The molecule has 0 rings (SSSR count). The average Bonchev–Trinajstić information content (AvgIpc) is 2.71. The zero-order valence-corrected chi connectivity index (χ0v) is 20.2. The molecule has 0 aromatic heterocycles. The van der Waals surface area contributed by atoms with Gasteiger partial charge in [-0.25, -0.2) is 0 Å². The summed E-state index contributed by atoms with van der Waals surface area (Å²) in [6.45, 7) is 7.75. The first kappa shape index (κ1) is 28.3. The number of hydrogen-bond donors (Lipinski definition) is 0. The number of hydrogen-bond acceptors (Lipinski definition) is 4. The normalized spacial score (nSPS) is 11.4. The SMILES string of the molecule is CCCCCCCCCCCCCCCOCCOCCOCCOCCBr. The molecule has 0 aliphatic heterocycles. The van der Waals surface area contributed by atoms with Crippen molar-refractivity contribution < 1.29 is 18.9 Å². The fourth-order valence-corrected chi connectivity index (χ4v) is 3.27. The van der Waals surface area contributed by atoms with Crippen LogP contribution >= 0.6 is 15.9 Å². The predicted octanol–water partition coefficient (Wildman–Crippen LogP) is 6.54. The summed E-state index contributed by atoms with van der Waals surface area (Å²) in [5.74, 6) is 0. The van der Waals surface area contributed by atoms with E-state index in [2.05, 4.69) is 22.9 Å². The molecule has 0 aliphatic carbocycles. The summed E-state index contributed by atoms with van der Waals surface area (Å²) in [6.07, 6.45) is 18.0. The maximum atomic E-state index is 5.62. The molecular weight excluding hydrogens is 420 g/mol. The highest BCUT2D eigenvalue weighted by Crippen LogP contribution is 2.12. The quantitative estimate of drug-likeness (QED) is 0.113. The van der Waals surface area contributed by atoms with Gasteiger partial charge in [0.1, 0.15) is 0 Å². The maximum Gasteiger partial charge on any atom is 0.0701 e. The van der Waals surface area contributed by atoms with Crippen LogP contribution in [0.25, 0.3) is 0 Å². The van der Waals surface area contributed by atoms with Gasteiger partial charge in [0.05, 0.1) is 46.2 Å². The molecule has 0 heterocycles. The Morgan fingerprint density at radius 2 is 0.714 bits per heavy atom. The van der Waals surface area contributed by atoms with E-state index in [4.69, 9.17) is 18.9 Å². The summed E-state index contributed by atoms with van der Waals surface area (Å²) >= 11 is 3.31. The summed E-state index contributed by atoms with van der Waals surface area (Å²) in [4.78, 5) is 0. The first-order valence-corrected chi connectivity index (χ1v) is 12.9. The van der Waals surface area contributed by atoms with E-state index in [1.807, 2.05) is 0 Å². The standard InChI is InChI=1S/C23H47BrO4/c1-2-3-4-5-6-7-8-9-10-11-12-13-14-16-25-18-20-27-22-23-28-21-19-26-17-15-24/h2-23H2,1H3. The van der Waals surface area contributed by atoms with Crippen LogP contribution in [0.5, 0.6) is 0 Å². The lowest BCUT2D eigenvalue weighted by atomic mass is 10.0. The Kier molecular flexibility index (Phi) is 27.6. The molecular formula is C23H47BrO4. The fraction of sp³-hybridized carbons (Fsp3) is 1.00. The minimum absolute atomic E-state index is 0.622. The molecule has 0 amide bonds. The van der Waals surface area contributed by atoms with Crippen molar-refractivity contribution >= 4 is 15.9 Å². The third-order valence-corrected chi connectivity index (χ3v) is 5.05. The Morgan fingerprint density at radius 1 is 0.393 bits per heavy atom. The molecule has 0 N–H and O–H groups in total. The third-order valence-electron chi connectivity index (χ3n) is 4.73. The van der Waals surface area contributed by atoms with Gasteiger partial charge in [0.25, 0.3) is 0 Å². The highest BCUT2D eigenvalue weighted by Gasteiger charge is 1.95. The molecule has 0 bridgehead atoms. The van der Waals surface area contributed by atoms with Gasteiger partial charge in [-0.3, -0.25) is 0 Å². The van der Waals surface area contributed by atoms with Gasteiger partial charge in [0.15, 0.2) is 0 Å². The molecule has 0 aromatic carbocycles. The second-order valence-electron chi connectivity index (χ2n) is 7.38. The number of ether oxygens (including phenoxy) is 4. The van der Waals surface area contributed by atoms with Gasteiger partial charge in [-0.1, -0.05) is 99.9 Å². The van der Waals surface area contributed by atoms with Gasteiger partial charge in [0, 0.05) is 11.9 Å². The molecule has 0 atom stereocenters. The van der Waals surface area contributed by atoms with Crippen molar-refractivity contribution in [3.63, 3.8) is 0 Å².